The maximum atomic E-state index is 10.9. The van der Waals surface area contributed by atoms with E-state index in [1.165, 1.54) is 25.7 Å². The fraction of sp³-hybridized carbons (Fsp3) is 0.941. The molecule has 7 atom stereocenters. The molecule has 0 bridgehead atoms. The summed E-state index contributed by atoms with van der Waals surface area (Å²) in [5, 5.41) is 21.0. The topological polar surface area (TPSA) is 60.4 Å². The van der Waals surface area contributed by atoms with Crippen LogP contribution in [0, 0.1) is 35.5 Å². The van der Waals surface area contributed by atoms with Crippen molar-refractivity contribution in [2.24, 2.45) is 35.5 Å². The van der Waals surface area contributed by atoms with Crippen molar-refractivity contribution in [2.75, 3.05) is 0 Å². The Morgan fingerprint density at radius 1 is 1.20 bits per heavy atom. The number of carbonyl (C=O) groups is 1. The molecule has 0 aromatic carbocycles. The molecule has 3 heteroatoms. The van der Waals surface area contributed by atoms with Crippen molar-refractivity contribution in [1.82, 2.24) is 0 Å². The lowest BCUT2D eigenvalue weighted by atomic mass is 9.92. The lowest BCUT2D eigenvalue weighted by Crippen LogP contribution is -2.38. The van der Waals surface area contributed by atoms with E-state index in [1.54, 1.807) is 6.92 Å². The molecule has 3 nitrogen and oxygen atoms in total. The molecule has 116 valence electrons. The largest absolute Gasteiger partial charge is 0.550 e. The zero-order valence-electron chi connectivity index (χ0n) is 13.0. The summed E-state index contributed by atoms with van der Waals surface area (Å²) >= 11 is 0. The first kappa shape index (κ1) is 15.8. The molecule has 0 aliphatic heterocycles. The van der Waals surface area contributed by atoms with Crippen molar-refractivity contribution in [3.63, 3.8) is 0 Å². The second-order valence-electron chi connectivity index (χ2n) is 7.17. The summed E-state index contributed by atoms with van der Waals surface area (Å²) in [4.78, 5) is 10.9. The summed E-state index contributed by atoms with van der Waals surface area (Å²) < 4.78 is 0. The average Bonchev–Trinajstić information content (AvgIpc) is 3.25. The van der Waals surface area contributed by atoms with Crippen molar-refractivity contribution < 1.29 is 15.0 Å². The third-order valence-corrected chi connectivity index (χ3v) is 5.73. The summed E-state index contributed by atoms with van der Waals surface area (Å²) in [5.74, 6) is 2.08. The molecule has 2 aliphatic carbocycles. The van der Waals surface area contributed by atoms with Crippen LogP contribution in [0.15, 0.2) is 0 Å². The SMILES string of the molecule is CCC1CC1CC(C)C1CC1C[C@@H](O)[C@@H](CC)C(=O)[O-]. The van der Waals surface area contributed by atoms with Crippen LogP contribution in [0.4, 0.5) is 0 Å². The molecular weight excluding hydrogens is 252 g/mol. The van der Waals surface area contributed by atoms with Gasteiger partial charge < -0.3 is 15.0 Å². The molecule has 0 radical (unpaired) electrons. The Hall–Kier alpha value is -0.570. The minimum atomic E-state index is -1.10. The summed E-state index contributed by atoms with van der Waals surface area (Å²) in [6.07, 6.45) is 5.59. The molecular formula is C17H29O3-. The van der Waals surface area contributed by atoms with Crippen LogP contribution in [0.3, 0.4) is 0 Å². The number of aliphatic hydroxyl groups is 1. The Kier molecular flexibility index (Phi) is 5.11. The Morgan fingerprint density at radius 3 is 2.40 bits per heavy atom. The van der Waals surface area contributed by atoms with Gasteiger partial charge in [0.05, 0.1) is 6.10 Å². The van der Waals surface area contributed by atoms with E-state index in [9.17, 15) is 15.0 Å². The van der Waals surface area contributed by atoms with Crippen LogP contribution in [-0.4, -0.2) is 17.2 Å². The molecule has 2 aliphatic rings. The summed E-state index contributed by atoms with van der Waals surface area (Å²) in [7, 11) is 0. The van der Waals surface area contributed by atoms with Crippen LogP contribution in [0.5, 0.6) is 0 Å². The number of carboxylic acids is 1. The number of hydrogen-bond donors (Lipinski definition) is 1. The van der Waals surface area contributed by atoms with Crippen molar-refractivity contribution in [1.29, 1.82) is 0 Å². The van der Waals surface area contributed by atoms with Gasteiger partial charge in [-0.15, -0.1) is 0 Å². The monoisotopic (exact) mass is 281 g/mol. The first-order chi connectivity index (χ1) is 9.47. The fourth-order valence-corrected chi connectivity index (χ4v) is 4.06. The molecule has 0 aromatic rings. The standard InChI is InChI=1S/C17H30O3/c1-4-11-7-12(11)6-10(3)15-8-13(15)9-16(18)14(5-2)17(19)20/h10-16,18H,4-9H2,1-3H3,(H,19,20)/p-1/t10?,11?,12?,13?,14-,15?,16-/m1/s1. The second-order valence-corrected chi connectivity index (χ2v) is 7.17. The van der Waals surface area contributed by atoms with Crippen LogP contribution in [0.1, 0.15) is 59.3 Å². The zero-order valence-corrected chi connectivity index (χ0v) is 13.0. The summed E-state index contributed by atoms with van der Waals surface area (Å²) in [5.41, 5.74) is 0. The number of aliphatic carboxylic acids is 1. The Bertz CT molecular complexity index is 341. The first-order valence-corrected chi connectivity index (χ1v) is 8.36. The number of aliphatic hydroxyl groups excluding tert-OH is 1. The highest BCUT2D eigenvalue weighted by atomic mass is 16.4. The maximum absolute atomic E-state index is 10.9. The van der Waals surface area contributed by atoms with Gasteiger partial charge in [0.25, 0.3) is 0 Å². The Morgan fingerprint density at radius 2 is 1.90 bits per heavy atom. The van der Waals surface area contributed by atoms with Gasteiger partial charge in [-0.1, -0.05) is 27.2 Å². The number of rotatable bonds is 9. The van der Waals surface area contributed by atoms with Crippen LogP contribution in [-0.2, 0) is 4.79 Å². The molecule has 2 saturated carbocycles. The summed E-state index contributed by atoms with van der Waals surface area (Å²) in [6, 6.07) is 0. The predicted molar refractivity (Wildman–Crippen MR) is 76.7 cm³/mol. The molecule has 1 N–H and O–H groups in total. The lowest BCUT2D eigenvalue weighted by molar-refractivity contribution is -0.314. The van der Waals surface area contributed by atoms with Gasteiger partial charge in [-0.25, -0.2) is 0 Å². The molecule has 2 fully saturated rings. The molecule has 5 unspecified atom stereocenters. The van der Waals surface area contributed by atoms with Gasteiger partial charge in [-0.3, -0.25) is 0 Å². The van der Waals surface area contributed by atoms with Crippen molar-refractivity contribution in [2.45, 2.75) is 65.4 Å². The lowest BCUT2D eigenvalue weighted by Gasteiger charge is -2.22. The molecule has 2 rings (SSSR count). The number of hydrogen-bond acceptors (Lipinski definition) is 3. The van der Waals surface area contributed by atoms with Crippen molar-refractivity contribution in [3.05, 3.63) is 0 Å². The highest BCUT2D eigenvalue weighted by Crippen LogP contribution is 2.53. The molecule has 0 heterocycles. The smallest absolute Gasteiger partial charge is 0.0623 e. The number of carboxylic acid groups (broad SMARTS) is 1. The molecule has 0 aromatic heterocycles. The van der Waals surface area contributed by atoms with Crippen LogP contribution in [0.25, 0.3) is 0 Å². The molecule has 0 amide bonds. The first-order valence-electron chi connectivity index (χ1n) is 8.36. The highest BCUT2D eigenvalue weighted by Gasteiger charge is 2.45. The van der Waals surface area contributed by atoms with Crippen molar-refractivity contribution >= 4 is 5.97 Å². The van der Waals surface area contributed by atoms with Crippen LogP contribution < -0.4 is 5.11 Å². The zero-order chi connectivity index (χ0) is 14.9. The Balaban J connectivity index is 1.70. The van der Waals surface area contributed by atoms with E-state index < -0.39 is 18.0 Å². The highest BCUT2D eigenvalue weighted by molar-refractivity contribution is 5.68. The maximum Gasteiger partial charge on any atom is 0.0623 e. The van der Waals surface area contributed by atoms with Gasteiger partial charge in [0, 0.05) is 11.9 Å². The number of carbonyl (C=O) groups excluding carboxylic acids is 1. The summed E-state index contributed by atoms with van der Waals surface area (Å²) in [6.45, 7) is 6.41. The van der Waals surface area contributed by atoms with Crippen LogP contribution >= 0.6 is 0 Å². The fourth-order valence-electron chi connectivity index (χ4n) is 4.06. The van der Waals surface area contributed by atoms with Crippen LogP contribution in [0.2, 0.25) is 0 Å². The van der Waals surface area contributed by atoms with Gasteiger partial charge in [0.15, 0.2) is 0 Å². The Labute approximate surface area is 122 Å². The quantitative estimate of drug-likeness (QED) is 0.705. The molecule has 0 saturated heterocycles. The predicted octanol–water partition coefficient (Wildman–Crippen LogP) is 2.22. The van der Waals surface area contributed by atoms with Gasteiger partial charge >= 0.3 is 0 Å². The van der Waals surface area contributed by atoms with E-state index in [2.05, 4.69) is 13.8 Å². The van der Waals surface area contributed by atoms with E-state index in [4.69, 9.17) is 0 Å². The molecule has 20 heavy (non-hydrogen) atoms. The van der Waals surface area contributed by atoms with Gasteiger partial charge in [0.2, 0.25) is 0 Å². The normalized spacial score (nSPS) is 36.2. The van der Waals surface area contributed by atoms with E-state index >= 15 is 0 Å². The third-order valence-electron chi connectivity index (χ3n) is 5.73. The van der Waals surface area contributed by atoms with Gasteiger partial charge in [-0.05, 0) is 61.7 Å². The van der Waals surface area contributed by atoms with E-state index in [-0.39, 0.29) is 0 Å². The minimum Gasteiger partial charge on any atom is -0.550 e. The van der Waals surface area contributed by atoms with Gasteiger partial charge in [-0.2, -0.15) is 0 Å². The average molecular weight is 281 g/mol. The van der Waals surface area contributed by atoms with E-state index in [0.29, 0.717) is 24.7 Å². The molecule has 0 spiro atoms. The minimum absolute atomic E-state index is 0.455. The third kappa shape index (κ3) is 3.75. The van der Waals surface area contributed by atoms with E-state index in [0.717, 1.165) is 17.8 Å². The second kappa shape index (κ2) is 6.46. The van der Waals surface area contributed by atoms with Crippen molar-refractivity contribution in [3.8, 4) is 0 Å². The van der Waals surface area contributed by atoms with E-state index in [1.807, 2.05) is 0 Å². The van der Waals surface area contributed by atoms with Gasteiger partial charge in [0.1, 0.15) is 0 Å².